The standard InChI is InChI=1S/C20H23N5O2/c26-20(22-7-6-17-13-27-9-8-21-17)16-10-18-19(23-11-16)25(14-24-18)12-15-4-2-1-3-5-15/h1-5,10-11,14,17,21H,6-9,12-13H2,(H,22,26). The van der Waals surface area contributed by atoms with Crippen LogP contribution in [-0.2, 0) is 11.3 Å². The predicted molar refractivity (Wildman–Crippen MR) is 103 cm³/mol. The molecule has 0 aliphatic carbocycles. The van der Waals surface area contributed by atoms with Crippen molar-refractivity contribution < 1.29 is 9.53 Å². The Morgan fingerprint density at radius 2 is 2.19 bits per heavy atom. The molecule has 1 atom stereocenters. The summed E-state index contributed by atoms with van der Waals surface area (Å²) in [6.45, 7) is 3.62. The van der Waals surface area contributed by atoms with Crippen LogP contribution in [0.25, 0.3) is 11.2 Å². The van der Waals surface area contributed by atoms with Crippen molar-refractivity contribution in [3.8, 4) is 0 Å². The predicted octanol–water partition coefficient (Wildman–Crippen LogP) is 1.59. The highest BCUT2D eigenvalue weighted by Gasteiger charge is 2.14. The number of amides is 1. The van der Waals surface area contributed by atoms with Crippen molar-refractivity contribution in [2.24, 2.45) is 0 Å². The van der Waals surface area contributed by atoms with E-state index in [1.54, 1.807) is 18.6 Å². The molecule has 4 rings (SSSR count). The lowest BCUT2D eigenvalue weighted by Crippen LogP contribution is -2.43. The first-order valence-electron chi connectivity index (χ1n) is 9.24. The van der Waals surface area contributed by atoms with E-state index in [0.29, 0.717) is 31.3 Å². The molecule has 2 aromatic heterocycles. The Morgan fingerprint density at radius 3 is 3.00 bits per heavy atom. The fourth-order valence-corrected chi connectivity index (χ4v) is 3.24. The Hall–Kier alpha value is -2.77. The normalized spacial score (nSPS) is 17.1. The first-order chi connectivity index (χ1) is 13.3. The lowest BCUT2D eigenvalue weighted by atomic mass is 10.2. The molecular formula is C20H23N5O2. The number of nitrogens with zero attached hydrogens (tertiary/aromatic N) is 3. The Balaban J connectivity index is 1.38. The maximum atomic E-state index is 12.4. The third-order valence-electron chi connectivity index (χ3n) is 4.69. The molecule has 7 heteroatoms. The van der Waals surface area contributed by atoms with Crippen LogP contribution < -0.4 is 10.6 Å². The van der Waals surface area contributed by atoms with Crippen molar-refractivity contribution in [3.63, 3.8) is 0 Å². The van der Waals surface area contributed by atoms with Crippen LogP contribution in [0.1, 0.15) is 22.3 Å². The van der Waals surface area contributed by atoms with E-state index < -0.39 is 0 Å². The minimum atomic E-state index is -0.126. The molecule has 2 N–H and O–H groups in total. The largest absolute Gasteiger partial charge is 0.379 e. The molecule has 0 saturated carbocycles. The van der Waals surface area contributed by atoms with Crippen LogP contribution in [0.15, 0.2) is 48.9 Å². The highest BCUT2D eigenvalue weighted by Crippen LogP contribution is 2.14. The van der Waals surface area contributed by atoms with Gasteiger partial charge in [-0.3, -0.25) is 4.79 Å². The number of pyridine rings is 1. The average Bonchev–Trinajstić information content (AvgIpc) is 3.11. The molecule has 0 bridgehead atoms. The van der Waals surface area contributed by atoms with E-state index in [4.69, 9.17) is 4.74 Å². The minimum Gasteiger partial charge on any atom is -0.379 e. The van der Waals surface area contributed by atoms with Crippen LogP contribution in [0.3, 0.4) is 0 Å². The molecule has 1 aromatic carbocycles. The molecule has 140 valence electrons. The number of benzene rings is 1. The number of nitrogens with one attached hydrogen (secondary N) is 2. The maximum Gasteiger partial charge on any atom is 0.252 e. The number of morpholine rings is 1. The average molecular weight is 365 g/mol. The second-order valence-electron chi connectivity index (χ2n) is 6.70. The third-order valence-corrected chi connectivity index (χ3v) is 4.69. The van der Waals surface area contributed by atoms with E-state index in [1.165, 1.54) is 5.56 Å². The van der Waals surface area contributed by atoms with Gasteiger partial charge in [0.05, 0.1) is 31.6 Å². The Kier molecular flexibility index (Phi) is 5.41. The summed E-state index contributed by atoms with van der Waals surface area (Å²) in [5.41, 5.74) is 3.21. The van der Waals surface area contributed by atoms with Gasteiger partial charge in [0, 0.05) is 25.3 Å². The van der Waals surface area contributed by atoms with E-state index in [9.17, 15) is 4.79 Å². The van der Waals surface area contributed by atoms with Crippen LogP contribution in [0, 0.1) is 0 Å². The smallest absolute Gasteiger partial charge is 0.252 e. The van der Waals surface area contributed by atoms with E-state index in [0.717, 1.165) is 30.7 Å². The Bertz CT molecular complexity index is 903. The molecule has 1 amide bonds. The minimum absolute atomic E-state index is 0.126. The molecule has 0 radical (unpaired) electrons. The molecule has 27 heavy (non-hydrogen) atoms. The summed E-state index contributed by atoms with van der Waals surface area (Å²) in [6, 6.07) is 12.3. The number of rotatable bonds is 6. The maximum absolute atomic E-state index is 12.4. The first kappa shape index (κ1) is 17.6. The summed E-state index contributed by atoms with van der Waals surface area (Å²) in [7, 11) is 0. The van der Waals surface area contributed by atoms with Crippen molar-refractivity contribution in [2.75, 3.05) is 26.3 Å². The fourth-order valence-electron chi connectivity index (χ4n) is 3.24. The van der Waals surface area contributed by atoms with Gasteiger partial charge < -0.3 is 19.9 Å². The van der Waals surface area contributed by atoms with Crippen molar-refractivity contribution in [3.05, 3.63) is 60.0 Å². The second-order valence-corrected chi connectivity index (χ2v) is 6.70. The number of aromatic nitrogens is 3. The summed E-state index contributed by atoms with van der Waals surface area (Å²) >= 11 is 0. The van der Waals surface area contributed by atoms with Gasteiger partial charge in [-0.25, -0.2) is 9.97 Å². The van der Waals surface area contributed by atoms with Gasteiger partial charge in [-0.05, 0) is 18.1 Å². The molecule has 1 unspecified atom stereocenters. The summed E-state index contributed by atoms with van der Waals surface area (Å²) in [5, 5.41) is 6.33. The molecule has 1 fully saturated rings. The lowest BCUT2D eigenvalue weighted by Gasteiger charge is -2.23. The summed E-state index contributed by atoms with van der Waals surface area (Å²) in [5.74, 6) is -0.126. The van der Waals surface area contributed by atoms with Crippen LogP contribution in [0.2, 0.25) is 0 Å². The van der Waals surface area contributed by atoms with Crippen LogP contribution in [-0.4, -0.2) is 52.8 Å². The molecule has 3 aromatic rings. The molecule has 1 saturated heterocycles. The van der Waals surface area contributed by atoms with Crippen molar-refractivity contribution >= 4 is 17.1 Å². The van der Waals surface area contributed by atoms with Gasteiger partial charge in [0.15, 0.2) is 5.65 Å². The van der Waals surface area contributed by atoms with E-state index in [1.807, 2.05) is 22.8 Å². The van der Waals surface area contributed by atoms with Crippen LogP contribution in [0.4, 0.5) is 0 Å². The van der Waals surface area contributed by atoms with E-state index >= 15 is 0 Å². The van der Waals surface area contributed by atoms with Gasteiger partial charge in [0.25, 0.3) is 5.91 Å². The third kappa shape index (κ3) is 4.32. The zero-order chi connectivity index (χ0) is 18.5. The van der Waals surface area contributed by atoms with Gasteiger partial charge in [0.1, 0.15) is 5.52 Å². The van der Waals surface area contributed by atoms with Gasteiger partial charge in [-0.15, -0.1) is 0 Å². The number of carbonyl (C=O) groups is 1. The summed E-state index contributed by atoms with van der Waals surface area (Å²) in [4.78, 5) is 21.3. The molecule has 3 heterocycles. The van der Waals surface area contributed by atoms with Gasteiger partial charge >= 0.3 is 0 Å². The number of carbonyl (C=O) groups excluding carboxylic acids is 1. The van der Waals surface area contributed by atoms with Crippen molar-refractivity contribution in [1.29, 1.82) is 0 Å². The van der Waals surface area contributed by atoms with Crippen LogP contribution in [0.5, 0.6) is 0 Å². The van der Waals surface area contributed by atoms with Crippen molar-refractivity contribution in [2.45, 2.75) is 19.0 Å². The highest BCUT2D eigenvalue weighted by molar-refractivity contribution is 5.96. The summed E-state index contributed by atoms with van der Waals surface area (Å²) < 4.78 is 7.41. The lowest BCUT2D eigenvalue weighted by molar-refractivity contribution is 0.0733. The first-order valence-corrected chi connectivity index (χ1v) is 9.24. The van der Waals surface area contributed by atoms with Gasteiger partial charge in [0.2, 0.25) is 0 Å². The zero-order valence-electron chi connectivity index (χ0n) is 15.1. The molecule has 0 spiro atoms. The Labute approximate surface area is 157 Å². The Morgan fingerprint density at radius 1 is 1.30 bits per heavy atom. The van der Waals surface area contributed by atoms with E-state index in [2.05, 4.69) is 32.7 Å². The SMILES string of the molecule is O=C(NCCC1COCCN1)c1cnc2c(c1)ncn2Cc1ccccc1. The van der Waals surface area contributed by atoms with Crippen molar-refractivity contribution in [1.82, 2.24) is 25.2 Å². The number of imidazole rings is 1. The number of hydrogen-bond donors (Lipinski definition) is 2. The van der Waals surface area contributed by atoms with E-state index in [-0.39, 0.29) is 5.91 Å². The number of ether oxygens (including phenoxy) is 1. The number of hydrogen-bond acceptors (Lipinski definition) is 5. The van der Waals surface area contributed by atoms with Crippen LogP contribution >= 0.6 is 0 Å². The highest BCUT2D eigenvalue weighted by atomic mass is 16.5. The second kappa shape index (κ2) is 8.28. The molecular weight excluding hydrogens is 342 g/mol. The molecule has 1 aliphatic heterocycles. The quantitative estimate of drug-likeness (QED) is 0.693. The monoisotopic (exact) mass is 365 g/mol. The zero-order valence-corrected chi connectivity index (χ0v) is 15.1. The molecule has 7 nitrogen and oxygen atoms in total. The number of fused-ring (bicyclic) bond motifs is 1. The topological polar surface area (TPSA) is 81.1 Å². The molecule has 1 aliphatic rings. The fraction of sp³-hybridized carbons (Fsp3) is 0.350. The van der Waals surface area contributed by atoms with Gasteiger partial charge in [-0.1, -0.05) is 30.3 Å². The van der Waals surface area contributed by atoms with Gasteiger partial charge in [-0.2, -0.15) is 0 Å². The summed E-state index contributed by atoms with van der Waals surface area (Å²) in [6.07, 6.45) is 4.22.